The standard InChI is InChI=1S/C52H88O6/c1-4-7-10-13-16-19-22-25-26-28-30-33-36-39-42-45-51(54)57-48-49(47-56-50(53)44-41-38-35-32-29-24-21-18-15-12-9-6-3)58-52(55)46-43-40-37-34-31-27-23-20-17-14-11-8-5-2/h7-8,10-11,16-17,19-20,25-27,31,49H,4-6,9,12-15,18,21-24,28-30,32-48H2,1-3H3/b10-7-,11-8-,19-16-,20-17-,26-25-,31-27-. The smallest absolute Gasteiger partial charge is 0.306 e. The van der Waals surface area contributed by atoms with Gasteiger partial charge < -0.3 is 14.2 Å². The van der Waals surface area contributed by atoms with Gasteiger partial charge in [-0.3, -0.25) is 14.4 Å². The predicted molar refractivity (Wildman–Crippen MR) is 247 cm³/mol. The van der Waals surface area contributed by atoms with Crippen molar-refractivity contribution < 1.29 is 28.6 Å². The van der Waals surface area contributed by atoms with Crippen molar-refractivity contribution in [2.45, 2.75) is 226 Å². The van der Waals surface area contributed by atoms with Gasteiger partial charge in [0.1, 0.15) is 13.2 Å². The van der Waals surface area contributed by atoms with Crippen molar-refractivity contribution in [2.24, 2.45) is 0 Å². The van der Waals surface area contributed by atoms with Gasteiger partial charge in [-0.2, -0.15) is 0 Å². The Morgan fingerprint density at radius 1 is 0.362 bits per heavy atom. The summed E-state index contributed by atoms with van der Waals surface area (Å²) < 4.78 is 16.7. The Morgan fingerprint density at radius 2 is 0.672 bits per heavy atom. The molecule has 0 saturated carbocycles. The van der Waals surface area contributed by atoms with E-state index in [0.29, 0.717) is 19.3 Å². The first-order chi connectivity index (χ1) is 28.5. The van der Waals surface area contributed by atoms with Gasteiger partial charge in [-0.1, -0.05) is 190 Å². The molecule has 0 aromatic heterocycles. The third kappa shape index (κ3) is 44.0. The fourth-order valence-electron chi connectivity index (χ4n) is 6.41. The van der Waals surface area contributed by atoms with Crippen LogP contribution in [0.25, 0.3) is 0 Å². The molecule has 6 nitrogen and oxygen atoms in total. The minimum Gasteiger partial charge on any atom is -0.462 e. The monoisotopic (exact) mass is 809 g/mol. The fourth-order valence-corrected chi connectivity index (χ4v) is 6.41. The van der Waals surface area contributed by atoms with Crippen LogP contribution < -0.4 is 0 Å². The van der Waals surface area contributed by atoms with Crippen LogP contribution in [0.5, 0.6) is 0 Å². The summed E-state index contributed by atoms with van der Waals surface area (Å²) in [5.74, 6) is -0.942. The van der Waals surface area contributed by atoms with Gasteiger partial charge in [0.05, 0.1) is 0 Å². The van der Waals surface area contributed by atoms with Crippen LogP contribution in [-0.2, 0) is 28.6 Å². The molecule has 1 atom stereocenters. The lowest BCUT2D eigenvalue weighted by molar-refractivity contribution is -0.167. The molecule has 6 heteroatoms. The number of hydrogen-bond donors (Lipinski definition) is 0. The summed E-state index contributed by atoms with van der Waals surface area (Å²) in [5.41, 5.74) is 0. The number of rotatable bonds is 42. The number of carbonyl (C=O) groups is 3. The third-order valence-electron chi connectivity index (χ3n) is 9.96. The summed E-state index contributed by atoms with van der Waals surface area (Å²) in [7, 11) is 0. The van der Waals surface area contributed by atoms with Gasteiger partial charge in [0, 0.05) is 19.3 Å². The van der Waals surface area contributed by atoms with E-state index in [1.54, 1.807) is 0 Å². The van der Waals surface area contributed by atoms with Crippen LogP contribution in [0.1, 0.15) is 220 Å². The first kappa shape index (κ1) is 54.9. The SMILES string of the molecule is CC/C=C\C/C=C\C/C=C\CCCCCCCC(=O)OCC(COC(=O)CCCCCCCCCCCCCC)OC(=O)CCCCC/C=C\C/C=C\C/C=C\CC. The molecule has 0 aromatic rings. The van der Waals surface area contributed by atoms with Crippen molar-refractivity contribution >= 4 is 17.9 Å². The van der Waals surface area contributed by atoms with Crippen LogP contribution in [0.15, 0.2) is 72.9 Å². The van der Waals surface area contributed by atoms with E-state index in [9.17, 15) is 14.4 Å². The molecular weight excluding hydrogens is 721 g/mol. The normalized spacial score (nSPS) is 12.7. The summed E-state index contributed by atoms with van der Waals surface area (Å²) >= 11 is 0. The Hall–Kier alpha value is -3.15. The largest absolute Gasteiger partial charge is 0.462 e. The maximum atomic E-state index is 12.7. The predicted octanol–water partition coefficient (Wildman–Crippen LogP) is 15.5. The molecule has 0 heterocycles. The van der Waals surface area contributed by atoms with E-state index < -0.39 is 6.10 Å². The lowest BCUT2D eigenvalue weighted by Crippen LogP contribution is -2.30. The molecule has 0 aliphatic rings. The second kappa shape index (κ2) is 46.5. The number of unbranched alkanes of at least 4 members (excludes halogenated alkanes) is 19. The second-order valence-electron chi connectivity index (χ2n) is 15.6. The van der Waals surface area contributed by atoms with Gasteiger partial charge in [0.2, 0.25) is 0 Å². The molecule has 332 valence electrons. The second-order valence-corrected chi connectivity index (χ2v) is 15.6. The zero-order valence-corrected chi connectivity index (χ0v) is 37.8. The van der Waals surface area contributed by atoms with Crippen LogP contribution in [0.4, 0.5) is 0 Å². The number of ether oxygens (including phenoxy) is 3. The summed E-state index contributed by atoms with van der Waals surface area (Å²) in [4.78, 5) is 37.8. The molecule has 0 rings (SSSR count). The molecule has 58 heavy (non-hydrogen) atoms. The van der Waals surface area contributed by atoms with Crippen molar-refractivity contribution in [3.8, 4) is 0 Å². The van der Waals surface area contributed by atoms with Crippen LogP contribution in [-0.4, -0.2) is 37.2 Å². The summed E-state index contributed by atoms with van der Waals surface area (Å²) in [6.07, 6.45) is 57.4. The fraction of sp³-hybridized carbons (Fsp3) is 0.712. The van der Waals surface area contributed by atoms with E-state index >= 15 is 0 Å². The van der Waals surface area contributed by atoms with E-state index in [2.05, 4.69) is 93.7 Å². The molecule has 0 amide bonds. The molecule has 0 N–H and O–H groups in total. The van der Waals surface area contributed by atoms with E-state index in [4.69, 9.17) is 14.2 Å². The van der Waals surface area contributed by atoms with Crippen molar-refractivity contribution in [3.63, 3.8) is 0 Å². The van der Waals surface area contributed by atoms with Crippen LogP contribution >= 0.6 is 0 Å². The van der Waals surface area contributed by atoms with Crippen molar-refractivity contribution in [1.82, 2.24) is 0 Å². The Labute approximate surface area is 357 Å². The molecule has 0 aromatic carbocycles. The van der Waals surface area contributed by atoms with Crippen molar-refractivity contribution in [2.75, 3.05) is 13.2 Å². The average molecular weight is 809 g/mol. The first-order valence-electron chi connectivity index (χ1n) is 23.9. The maximum absolute atomic E-state index is 12.7. The van der Waals surface area contributed by atoms with Gasteiger partial charge >= 0.3 is 17.9 Å². The average Bonchev–Trinajstić information content (AvgIpc) is 3.22. The number of carbonyl (C=O) groups excluding carboxylic acids is 3. The minimum atomic E-state index is -0.794. The summed E-state index contributed by atoms with van der Waals surface area (Å²) in [5, 5.41) is 0. The maximum Gasteiger partial charge on any atom is 0.306 e. The lowest BCUT2D eigenvalue weighted by Gasteiger charge is -2.18. The molecule has 0 aliphatic carbocycles. The topological polar surface area (TPSA) is 78.9 Å². The van der Waals surface area contributed by atoms with Crippen LogP contribution in [0.3, 0.4) is 0 Å². The lowest BCUT2D eigenvalue weighted by atomic mass is 10.0. The first-order valence-corrected chi connectivity index (χ1v) is 23.9. The van der Waals surface area contributed by atoms with Gasteiger partial charge in [-0.05, 0) is 83.5 Å². The highest BCUT2D eigenvalue weighted by Gasteiger charge is 2.19. The summed E-state index contributed by atoms with van der Waals surface area (Å²) in [6.45, 7) is 6.36. The molecule has 0 aliphatic heterocycles. The highest BCUT2D eigenvalue weighted by atomic mass is 16.6. The van der Waals surface area contributed by atoms with E-state index in [0.717, 1.165) is 122 Å². The quantitative estimate of drug-likeness (QED) is 0.0264. The van der Waals surface area contributed by atoms with Gasteiger partial charge in [-0.15, -0.1) is 0 Å². The van der Waals surface area contributed by atoms with Crippen molar-refractivity contribution in [1.29, 1.82) is 0 Å². The molecule has 0 fully saturated rings. The highest BCUT2D eigenvalue weighted by Crippen LogP contribution is 2.14. The Morgan fingerprint density at radius 3 is 1.07 bits per heavy atom. The van der Waals surface area contributed by atoms with Crippen molar-refractivity contribution in [3.05, 3.63) is 72.9 Å². The molecular formula is C52H88O6. The van der Waals surface area contributed by atoms with Gasteiger partial charge in [0.15, 0.2) is 6.10 Å². The Bertz CT molecular complexity index is 1110. The molecule has 0 radical (unpaired) electrons. The van der Waals surface area contributed by atoms with E-state index in [1.165, 1.54) is 57.8 Å². The number of esters is 3. The van der Waals surface area contributed by atoms with E-state index in [1.807, 2.05) is 0 Å². The highest BCUT2D eigenvalue weighted by molar-refractivity contribution is 5.71. The zero-order chi connectivity index (χ0) is 42.3. The zero-order valence-electron chi connectivity index (χ0n) is 37.8. The minimum absolute atomic E-state index is 0.0920. The van der Waals surface area contributed by atoms with Gasteiger partial charge in [0.25, 0.3) is 0 Å². The van der Waals surface area contributed by atoms with Crippen LogP contribution in [0.2, 0.25) is 0 Å². The Balaban J connectivity index is 4.45. The van der Waals surface area contributed by atoms with Gasteiger partial charge in [-0.25, -0.2) is 0 Å². The molecule has 1 unspecified atom stereocenters. The number of allylic oxidation sites excluding steroid dienone is 12. The summed E-state index contributed by atoms with van der Waals surface area (Å²) in [6, 6.07) is 0. The van der Waals surface area contributed by atoms with E-state index in [-0.39, 0.29) is 31.1 Å². The molecule has 0 spiro atoms. The molecule has 0 saturated heterocycles. The third-order valence-corrected chi connectivity index (χ3v) is 9.96. The Kier molecular flexibility index (Phi) is 44.0. The number of hydrogen-bond acceptors (Lipinski definition) is 6. The molecule has 0 bridgehead atoms. The van der Waals surface area contributed by atoms with Crippen LogP contribution in [0, 0.1) is 0 Å².